The van der Waals surface area contributed by atoms with Gasteiger partial charge in [0.15, 0.2) is 0 Å². The number of aromatic nitrogens is 2. The molecule has 0 fully saturated rings. The second-order valence-electron chi connectivity index (χ2n) is 2.92. The highest BCUT2D eigenvalue weighted by molar-refractivity contribution is 5.51. The van der Waals surface area contributed by atoms with Crippen LogP contribution in [0.15, 0.2) is 30.7 Å². The minimum Gasteiger partial charge on any atom is -0.321 e. The maximum absolute atomic E-state index is 4.35. The smallest absolute Gasteiger partial charge is 0.0666 e. The zero-order chi connectivity index (χ0) is 8.39. The third kappa shape index (κ3) is 1.09. The fourth-order valence-corrected chi connectivity index (χ4v) is 1.46. The molecule has 2 heteroatoms. The highest BCUT2D eigenvalue weighted by Crippen LogP contribution is 2.09. The van der Waals surface area contributed by atoms with Crippen LogP contribution in [0.3, 0.4) is 0 Å². The predicted molar refractivity (Wildman–Crippen MR) is 49.2 cm³/mol. The number of fused-ring (bicyclic) bond motifs is 1. The number of rotatable bonds is 2. The Bertz CT molecular complexity index is 376. The molecule has 2 aromatic rings. The molecular formula is C10H12N2. The lowest BCUT2D eigenvalue weighted by molar-refractivity contribution is 0.879. The zero-order valence-corrected chi connectivity index (χ0v) is 7.20. The maximum Gasteiger partial charge on any atom is 0.0666 e. The van der Waals surface area contributed by atoms with Crippen LogP contribution in [-0.4, -0.2) is 9.38 Å². The summed E-state index contributed by atoms with van der Waals surface area (Å²) in [4.78, 5) is 4.35. The van der Waals surface area contributed by atoms with Crippen LogP contribution in [0.4, 0.5) is 0 Å². The lowest BCUT2D eigenvalue weighted by Gasteiger charge is -2.00. The van der Waals surface area contributed by atoms with Crippen molar-refractivity contribution in [2.45, 2.75) is 19.8 Å². The average Bonchev–Trinajstić information content (AvgIpc) is 2.53. The summed E-state index contributed by atoms with van der Waals surface area (Å²) in [5, 5.41) is 0. The average molecular weight is 160 g/mol. The normalized spacial score (nSPS) is 10.8. The van der Waals surface area contributed by atoms with E-state index in [9.17, 15) is 0 Å². The summed E-state index contributed by atoms with van der Waals surface area (Å²) in [5.74, 6) is 0. The molecule has 0 aromatic carbocycles. The van der Waals surface area contributed by atoms with Crippen LogP contribution in [0, 0.1) is 0 Å². The van der Waals surface area contributed by atoms with E-state index in [1.165, 1.54) is 11.2 Å². The molecule has 12 heavy (non-hydrogen) atoms. The van der Waals surface area contributed by atoms with Crippen molar-refractivity contribution in [3.8, 4) is 0 Å². The predicted octanol–water partition coefficient (Wildman–Crippen LogP) is 2.29. The van der Waals surface area contributed by atoms with Crippen LogP contribution in [0.5, 0.6) is 0 Å². The van der Waals surface area contributed by atoms with E-state index in [4.69, 9.17) is 0 Å². The molecule has 2 aromatic heterocycles. The van der Waals surface area contributed by atoms with E-state index in [-0.39, 0.29) is 0 Å². The third-order valence-electron chi connectivity index (χ3n) is 2.02. The van der Waals surface area contributed by atoms with Crippen molar-refractivity contribution < 1.29 is 0 Å². The summed E-state index contributed by atoms with van der Waals surface area (Å²) in [6.07, 6.45) is 8.11. The van der Waals surface area contributed by atoms with Gasteiger partial charge in [0.2, 0.25) is 0 Å². The minimum atomic E-state index is 1.06. The van der Waals surface area contributed by atoms with Gasteiger partial charge in [0.05, 0.1) is 11.2 Å². The molecule has 2 rings (SSSR count). The molecule has 0 radical (unpaired) electrons. The van der Waals surface area contributed by atoms with Gasteiger partial charge in [0.25, 0.3) is 0 Å². The van der Waals surface area contributed by atoms with E-state index in [1.807, 2.05) is 12.4 Å². The van der Waals surface area contributed by atoms with Crippen molar-refractivity contribution in [3.05, 3.63) is 36.4 Å². The first-order valence-electron chi connectivity index (χ1n) is 4.32. The molecular weight excluding hydrogens is 148 g/mol. The number of nitrogens with zero attached hydrogens (tertiary/aromatic N) is 2. The molecule has 2 heterocycles. The molecule has 0 unspecified atom stereocenters. The summed E-state index contributed by atoms with van der Waals surface area (Å²) < 4.78 is 2.11. The number of aryl methyl sites for hydroxylation is 1. The van der Waals surface area contributed by atoms with E-state index in [0.717, 1.165) is 12.8 Å². The standard InChI is InChI=1S/C10H12N2/c1-2-4-9-10-5-3-7-12(10)8-6-11-9/h3,5-8H,2,4H2,1H3. The van der Waals surface area contributed by atoms with E-state index < -0.39 is 0 Å². The highest BCUT2D eigenvalue weighted by atomic mass is 14.9. The van der Waals surface area contributed by atoms with Crippen LogP contribution in [-0.2, 0) is 6.42 Å². The van der Waals surface area contributed by atoms with Crippen LogP contribution < -0.4 is 0 Å². The Morgan fingerprint density at radius 2 is 2.33 bits per heavy atom. The Balaban J connectivity index is 2.57. The van der Waals surface area contributed by atoms with Crippen LogP contribution in [0.1, 0.15) is 19.0 Å². The van der Waals surface area contributed by atoms with Crippen molar-refractivity contribution in [1.82, 2.24) is 9.38 Å². The van der Waals surface area contributed by atoms with Crippen molar-refractivity contribution in [2.75, 3.05) is 0 Å². The first-order valence-corrected chi connectivity index (χ1v) is 4.32. The molecule has 2 nitrogen and oxygen atoms in total. The lowest BCUT2D eigenvalue weighted by atomic mass is 10.2. The van der Waals surface area contributed by atoms with Crippen molar-refractivity contribution in [1.29, 1.82) is 0 Å². The van der Waals surface area contributed by atoms with Gasteiger partial charge in [0, 0.05) is 18.6 Å². The minimum absolute atomic E-state index is 1.06. The summed E-state index contributed by atoms with van der Waals surface area (Å²) in [6, 6.07) is 4.16. The Kier molecular flexibility index (Phi) is 1.82. The van der Waals surface area contributed by atoms with Crippen molar-refractivity contribution in [3.63, 3.8) is 0 Å². The molecule has 0 aliphatic heterocycles. The van der Waals surface area contributed by atoms with Crippen LogP contribution in [0.2, 0.25) is 0 Å². The van der Waals surface area contributed by atoms with Gasteiger partial charge in [-0.1, -0.05) is 13.3 Å². The van der Waals surface area contributed by atoms with Gasteiger partial charge in [0.1, 0.15) is 0 Å². The summed E-state index contributed by atoms with van der Waals surface area (Å²) >= 11 is 0. The first kappa shape index (κ1) is 7.35. The van der Waals surface area contributed by atoms with Gasteiger partial charge in [-0.25, -0.2) is 0 Å². The zero-order valence-electron chi connectivity index (χ0n) is 7.20. The van der Waals surface area contributed by atoms with E-state index in [1.54, 1.807) is 0 Å². The molecule has 0 saturated carbocycles. The second-order valence-corrected chi connectivity index (χ2v) is 2.92. The van der Waals surface area contributed by atoms with Gasteiger partial charge in [-0.05, 0) is 18.6 Å². The maximum atomic E-state index is 4.35. The molecule has 0 N–H and O–H groups in total. The Hall–Kier alpha value is -1.31. The van der Waals surface area contributed by atoms with Gasteiger partial charge >= 0.3 is 0 Å². The Morgan fingerprint density at radius 3 is 3.17 bits per heavy atom. The molecule has 0 atom stereocenters. The van der Waals surface area contributed by atoms with Crippen molar-refractivity contribution >= 4 is 5.52 Å². The Labute approximate surface area is 71.9 Å². The summed E-state index contributed by atoms with van der Waals surface area (Å²) in [7, 11) is 0. The van der Waals surface area contributed by atoms with Gasteiger partial charge in [-0.3, -0.25) is 4.98 Å². The second kappa shape index (κ2) is 2.97. The Morgan fingerprint density at radius 1 is 1.42 bits per heavy atom. The quantitative estimate of drug-likeness (QED) is 0.658. The first-order chi connectivity index (χ1) is 5.92. The van der Waals surface area contributed by atoms with Gasteiger partial charge < -0.3 is 4.40 Å². The molecule has 0 amide bonds. The molecule has 0 aliphatic carbocycles. The van der Waals surface area contributed by atoms with Crippen LogP contribution in [0.25, 0.3) is 5.52 Å². The van der Waals surface area contributed by atoms with E-state index in [0.29, 0.717) is 0 Å². The molecule has 0 spiro atoms. The molecule has 62 valence electrons. The molecule has 0 aliphatic rings. The van der Waals surface area contributed by atoms with E-state index in [2.05, 4.69) is 34.6 Å². The van der Waals surface area contributed by atoms with Crippen LogP contribution >= 0.6 is 0 Å². The fourth-order valence-electron chi connectivity index (χ4n) is 1.46. The monoisotopic (exact) mass is 160 g/mol. The highest BCUT2D eigenvalue weighted by Gasteiger charge is 1.99. The van der Waals surface area contributed by atoms with Gasteiger partial charge in [-0.2, -0.15) is 0 Å². The topological polar surface area (TPSA) is 17.3 Å². The summed E-state index contributed by atoms with van der Waals surface area (Å²) in [6.45, 7) is 2.17. The number of hydrogen-bond donors (Lipinski definition) is 0. The number of hydrogen-bond acceptors (Lipinski definition) is 1. The summed E-state index contributed by atoms with van der Waals surface area (Å²) in [5.41, 5.74) is 2.43. The van der Waals surface area contributed by atoms with E-state index >= 15 is 0 Å². The van der Waals surface area contributed by atoms with Gasteiger partial charge in [-0.15, -0.1) is 0 Å². The van der Waals surface area contributed by atoms with Crippen molar-refractivity contribution in [2.24, 2.45) is 0 Å². The SMILES string of the molecule is CCCc1nccn2cccc12. The third-order valence-corrected chi connectivity index (χ3v) is 2.02. The molecule has 0 saturated heterocycles. The molecule has 0 bridgehead atoms. The fraction of sp³-hybridized carbons (Fsp3) is 0.300. The lowest BCUT2D eigenvalue weighted by Crippen LogP contribution is -1.93. The largest absolute Gasteiger partial charge is 0.321 e.